The van der Waals surface area contributed by atoms with Gasteiger partial charge in [-0.2, -0.15) is 0 Å². The van der Waals surface area contributed by atoms with Gasteiger partial charge in [0.2, 0.25) is 5.91 Å². The van der Waals surface area contributed by atoms with Gasteiger partial charge in [0.05, 0.1) is 11.2 Å². The second-order valence-corrected chi connectivity index (χ2v) is 5.00. The van der Waals surface area contributed by atoms with E-state index in [-0.39, 0.29) is 5.69 Å². The third kappa shape index (κ3) is 2.73. The normalized spacial score (nSPS) is 12.3. The second-order valence-electron chi connectivity index (χ2n) is 5.00. The highest BCUT2D eigenvalue weighted by molar-refractivity contribution is 5.94. The maximum Gasteiger partial charge on any atom is 0.420 e. The first-order chi connectivity index (χ1) is 11.0. The van der Waals surface area contributed by atoms with Crippen LogP contribution in [-0.4, -0.2) is 10.5 Å². The monoisotopic (exact) mass is 318 g/mol. The molecule has 0 fully saturated rings. The Morgan fingerprint density at radius 3 is 2.70 bits per heavy atom. The molecule has 0 aliphatic rings. The van der Waals surface area contributed by atoms with Crippen molar-refractivity contribution in [2.45, 2.75) is 13.0 Å². The average molecular weight is 318 g/mol. The number of benzene rings is 2. The molecule has 0 aliphatic carbocycles. The van der Waals surface area contributed by atoms with Crippen molar-refractivity contribution in [1.82, 2.24) is 4.57 Å². The van der Waals surface area contributed by atoms with E-state index < -0.39 is 29.3 Å². The predicted octanol–water partition coefficient (Wildman–Crippen LogP) is 3.07. The number of oxazole rings is 1. The van der Waals surface area contributed by atoms with E-state index in [1.165, 1.54) is 11.5 Å². The molecule has 0 radical (unpaired) electrons. The molecule has 0 saturated carbocycles. The summed E-state index contributed by atoms with van der Waals surface area (Å²) in [6.07, 6.45) is 0. The van der Waals surface area contributed by atoms with E-state index in [2.05, 4.69) is 5.32 Å². The lowest BCUT2D eigenvalue weighted by molar-refractivity contribution is -0.118. The van der Waals surface area contributed by atoms with Gasteiger partial charge in [-0.15, -0.1) is 0 Å². The lowest BCUT2D eigenvalue weighted by atomic mass is 10.2. The highest BCUT2D eigenvalue weighted by Gasteiger charge is 2.22. The first kappa shape index (κ1) is 15.0. The number of para-hydroxylation sites is 2. The van der Waals surface area contributed by atoms with E-state index in [0.29, 0.717) is 17.2 Å². The molecule has 0 bridgehead atoms. The van der Waals surface area contributed by atoms with Crippen LogP contribution < -0.4 is 11.1 Å². The van der Waals surface area contributed by atoms with Crippen molar-refractivity contribution in [1.29, 1.82) is 0 Å². The second kappa shape index (κ2) is 5.68. The number of nitrogens with zero attached hydrogens (tertiary/aromatic N) is 1. The van der Waals surface area contributed by atoms with Crippen LogP contribution in [-0.2, 0) is 4.79 Å². The number of fused-ring (bicyclic) bond motifs is 1. The zero-order valence-corrected chi connectivity index (χ0v) is 12.0. The van der Waals surface area contributed by atoms with Gasteiger partial charge in [0, 0.05) is 6.07 Å². The van der Waals surface area contributed by atoms with Gasteiger partial charge in [-0.1, -0.05) is 12.1 Å². The number of carbonyl (C=O) groups is 1. The largest absolute Gasteiger partial charge is 0.420 e. The standard InChI is InChI=1S/C16H12F2N2O3/c1-9(15(21)19-12-7-6-10(17)8-11(12)18)20-13-4-2-3-5-14(13)23-16(20)22/h2-9H,1H3,(H,19,21). The summed E-state index contributed by atoms with van der Waals surface area (Å²) in [5, 5.41) is 2.34. The van der Waals surface area contributed by atoms with Crippen molar-refractivity contribution in [2.75, 3.05) is 5.32 Å². The van der Waals surface area contributed by atoms with E-state index in [9.17, 15) is 18.4 Å². The van der Waals surface area contributed by atoms with Gasteiger partial charge in [0.25, 0.3) is 0 Å². The first-order valence-electron chi connectivity index (χ1n) is 6.83. The van der Waals surface area contributed by atoms with Gasteiger partial charge in [-0.25, -0.2) is 13.6 Å². The molecule has 0 saturated heterocycles. The lowest BCUT2D eigenvalue weighted by Crippen LogP contribution is -2.29. The summed E-state index contributed by atoms with van der Waals surface area (Å²) in [5.41, 5.74) is 0.647. The number of carbonyl (C=O) groups excluding carboxylic acids is 1. The molecule has 3 rings (SSSR count). The number of hydrogen-bond donors (Lipinski definition) is 1. The zero-order chi connectivity index (χ0) is 16.6. The van der Waals surface area contributed by atoms with E-state index in [1.807, 2.05) is 0 Å². The van der Waals surface area contributed by atoms with Gasteiger partial charge < -0.3 is 9.73 Å². The molecule has 1 atom stereocenters. The van der Waals surface area contributed by atoms with Gasteiger partial charge in [-0.05, 0) is 31.2 Å². The topological polar surface area (TPSA) is 64.2 Å². The Kier molecular flexibility index (Phi) is 3.69. The molecular formula is C16H12F2N2O3. The van der Waals surface area contributed by atoms with Crippen molar-refractivity contribution in [3.63, 3.8) is 0 Å². The molecule has 1 amide bonds. The summed E-state index contributed by atoms with van der Waals surface area (Å²) >= 11 is 0. The summed E-state index contributed by atoms with van der Waals surface area (Å²) in [7, 11) is 0. The highest BCUT2D eigenvalue weighted by atomic mass is 19.1. The maximum absolute atomic E-state index is 13.6. The number of aromatic nitrogens is 1. The predicted molar refractivity (Wildman–Crippen MR) is 80.2 cm³/mol. The molecule has 23 heavy (non-hydrogen) atoms. The van der Waals surface area contributed by atoms with E-state index in [4.69, 9.17) is 4.42 Å². The zero-order valence-electron chi connectivity index (χ0n) is 12.0. The Hall–Kier alpha value is -2.96. The third-order valence-electron chi connectivity index (χ3n) is 3.47. The quantitative estimate of drug-likeness (QED) is 0.807. The Labute approximate surface area is 129 Å². The number of hydrogen-bond acceptors (Lipinski definition) is 3. The molecule has 1 heterocycles. The van der Waals surface area contributed by atoms with Crippen LogP contribution in [0.3, 0.4) is 0 Å². The van der Waals surface area contributed by atoms with E-state index >= 15 is 0 Å². The highest BCUT2D eigenvalue weighted by Crippen LogP contribution is 2.20. The van der Waals surface area contributed by atoms with Gasteiger partial charge in [0.15, 0.2) is 5.58 Å². The molecule has 0 spiro atoms. The van der Waals surface area contributed by atoms with Crippen LogP contribution in [0, 0.1) is 11.6 Å². The minimum Gasteiger partial charge on any atom is -0.408 e. The lowest BCUT2D eigenvalue weighted by Gasteiger charge is -2.13. The van der Waals surface area contributed by atoms with Gasteiger partial charge in [0.1, 0.15) is 17.7 Å². The molecule has 0 aliphatic heterocycles. The fourth-order valence-corrected chi connectivity index (χ4v) is 2.30. The number of nitrogens with one attached hydrogen (secondary N) is 1. The van der Waals surface area contributed by atoms with Crippen LogP contribution in [0.5, 0.6) is 0 Å². The SMILES string of the molecule is CC(C(=O)Nc1ccc(F)cc1F)n1c(=O)oc2ccccc21. The number of rotatable bonds is 3. The first-order valence-corrected chi connectivity index (χ1v) is 6.83. The molecule has 3 aromatic rings. The minimum absolute atomic E-state index is 0.163. The molecular weight excluding hydrogens is 306 g/mol. The molecule has 118 valence electrons. The number of halogens is 2. The molecule has 2 aromatic carbocycles. The molecule has 1 aromatic heterocycles. The van der Waals surface area contributed by atoms with Crippen molar-refractivity contribution >= 4 is 22.7 Å². The summed E-state index contributed by atoms with van der Waals surface area (Å²) in [5.74, 6) is -2.95. The molecule has 7 heteroatoms. The van der Waals surface area contributed by atoms with Crippen LogP contribution in [0.2, 0.25) is 0 Å². The maximum atomic E-state index is 13.6. The Morgan fingerprint density at radius 1 is 1.22 bits per heavy atom. The van der Waals surface area contributed by atoms with Gasteiger partial charge in [-0.3, -0.25) is 9.36 Å². The summed E-state index contributed by atoms with van der Waals surface area (Å²) in [6.45, 7) is 1.49. The Bertz CT molecular complexity index is 946. The molecule has 1 N–H and O–H groups in total. The Balaban J connectivity index is 1.92. The van der Waals surface area contributed by atoms with E-state index in [0.717, 1.165) is 12.1 Å². The fraction of sp³-hybridized carbons (Fsp3) is 0.125. The number of anilines is 1. The van der Waals surface area contributed by atoms with Crippen LogP contribution in [0.1, 0.15) is 13.0 Å². The Morgan fingerprint density at radius 2 is 1.96 bits per heavy atom. The van der Waals surface area contributed by atoms with Crippen molar-refractivity contribution in [2.24, 2.45) is 0 Å². The summed E-state index contributed by atoms with van der Waals surface area (Å²) in [6, 6.07) is 8.54. The van der Waals surface area contributed by atoms with E-state index in [1.54, 1.807) is 24.3 Å². The fourth-order valence-electron chi connectivity index (χ4n) is 2.30. The summed E-state index contributed by atoms with van der Waals surface area (Å²) in [4.78, 5) is 24.2. The van der Waals surface area contributed by atoms with Crippen molar-refractivity contribution in [3.05, 3.63) is 64.6 Å². The van der Waals surface area contributed by atoms with Crippen molar-refractivity contribution in [3.8, 4) is 0 Å². The minimum atomic E-state index is -0.935. The third-order valence-corrected chi connectivity index (χ3v) is 3.47. The summed E-state index contributed by atoms with van der Waals surface area (Å²) < 4.78 is 32.7. The number of amides is 1. The van der Waals surface area contributed by atoms with Crippen LogP contribution in [0.4, 0.5) is 14.5 Å². The van der Waals surface area contributed by atoms with Gasteiger partial charge >= 0.3 is 5.76 Å². The molecule has 1 unspecified atom stereocenters. The van der Waals surface area contributed by atoms with Crippen molar-refractivity contribution < 1.29 is 18.0 Å². The molecule has 5 nitrogen and oxygen atoms in total. The average Bonchev–Trinajstić information content (AvgIpc) is 2.85. The van der Waals surface area contributed by atoms with Crippen LogP contribution in [0.25, 0.3) is 11.1 Å². The van der Waals surface area contributed by atoms with Crippen LogP contribution >= 0.6 is 0 Å². The smallest absolute Gasteiger partial charge is 0.408 e. The van der Waals surface area contributed by atoms with Crippen LogP contribution in [0.15, 0.2) is 51.7 Å².